The van der Waals surface area contributed by atoms with E-state index in [9.17, 15) is 9.59 Å². The molecule has 0 spiro atoms. The second-order valence-corrected chi connectivity index (χ2v) is 5.11. The molecule has 92 valence electrons. The number of rotatable bonds is 5. The van der Waals surface area contributed by atoms with Crippen LogP contribution in [0.5, 0.6) is 0 Å². The molecule has 2 unspecified atom stereocenters. The first-order valence-electron chi connectivity index (χ1n) is 5.44. The first-order valence-corrected chi connectivity index (χ1v) is 6.49. The van der Waals surface area contributed by atoms with Gasteiger partial charge < -0.3 is 15.3 Å². The van der Waals surface area contributed by atoms with Crippen molar-refractivity contribution in [1.82, 2.24) is 10.2 Å². The molecular weight excluding hydrogens is 228 g/mol. The summed E-state index contributed by atoms with van der Waals surface area (Å²) in [7, 11) is 0. The van der Waals surface area contributed by atoms with E-state index in [1.807, 2.05) is 13.8 Å². The summed E-state index contributed by atoms with van der Waals surface area (Å²) in [5, 5.41) is 11.9. The number of carboxylic acid groups (broad SMARTS) is 1. The van der Waals surface area contributed by atoms with Crippen molar-refractivity contribution >= 4 is 23.6 Å². The lowest BCUT2D eigenvalue weighted by molar-refractivity contribution is -0.148. The molecule has 0 aromatic heterocycles. The van der Waals surface area contributed by atoms with Gasteiger partial charge in [0.25, 0.3) is 0 Å². The van der Waals surface area contributed by atoms with E-state index >= 15 is 0 Å². The van der Waals surface area contributed by atoms with Crippen LogP contribution in [0.15, 0.2) is 0 Å². The minimum absolute atomic E-state index is 0.0444. The zero-order valence-corrected chi connectivity index (χ0v) is 10.4. The molecule has 5 nitrogen and oxygen atoms in total. The molecule has 1 amide bonds. The van der Waals surface area contributed by atoms with Crippen LogP contribution in [0, 0.1) is 0 Å². The summed E-state index contributed by atoms with van der Waals surface area (Å²) in [5.74, 6) is -0.560. The highest BCUT2D eigenvalue weighted by molar-refractivity contribution is 8.00. The van der Waals surface area contributed by atoms with Crippen LogP contribution in [0.2, 0.25) is 0 Å². The van der Waals surface area contributed by atoms with E-state index in [1.165, 1.54) is 16.7 Å². The average molecular weight is 246 g/mol. The van der Waals surface area contributed by atoms with Gasteiger partial charge in [0.05, 0.1) is 11.9 Å². The minimum Gasteiger partial charge on any atom is -0.480 e. The van der Waals surface area contributed by atoms with Crippen molar-refractivity contribution in [2.24, 2.45) is 0 Å². The van der Waals surface area contributed by atoms with Crippen molar-refractivity contribution in [1.29, 1.82) is 0 Å². The summed E-state index contributed by atoms with van der Waals surface area (Å²) >= 11 is 1.51. The predicted octanol–water partition coefficient (Wildman–Crippen LogP) is 0.361. The molecule has 1 rings (SSSR count). The third-order valence-corrected chi connectivity index (χ3v) is 3.72. The first-order chi connectivity index (χ1) is 7.57. The Hall–Kier alpha value is -0.750. The number of amides is 1. The lowest BCUT2D eigenvalue weighted by Crippen LogP contribution is -2.48. The molecule has 6 heteroatoms. The molecule has 0 aliphatic carbocycles. The maximum absolute atomic E-state index is 11.8. The van der Waals surface area contributed by atoms with Gasteiger partial charge in [0.15, 0.2) is 0 Å². The van der Waals surface area contributed by atoms with E-state index in [0.717, 1.165) is 13.0 Å². The molecule has 0 aromatic carbocycles. The third kappa shape index (κ3) is 3.12. The molecule has 1 fully saturated rings. The van der Waals surface area contributed by atoms with Gasteiger partial charge in [-0.25, -0.2) is 4.79 Å². The predicted molar refractivity (Wildman–Crippen MR) is 63.4 cm³/mol. The molecule has 2 atom stereocenters. The molecule has 0 bridgehead atoms. The highest BCUT2D eigenvalue weighted by Gasteiger charge is 2.38. The fourth-order valence-electron chi connectivity index (χ4n) is 1.67. The Morgan fingerprint density at radius 2 is 2.25 bits per heavy atom. The van der Waals surface area contributed by atoms with Gasteiger partial charge in [-0.15, -0.1) is 11.8 Å². The van der Waals surface area contributed by atoms with Crippen molar-refractivity contribution in [3.05, 3.63) is 0 Å². The largest absolute Gasteiger partial charge is 0.480 e. The number of aliphatic carboxylic acids is 1. The summed E-state index contributed by atoms with van der Waals surface area (Å²) in [5.41, 5.74) is 0. The van der Waals surface area contributed by atoms with Gasteiger partial charge in [-0.3, -0.25) is 4.79 Å². The summed E-state index contributed by atoms with van der Waals surface area (Å²) in [6, 6.07) is -0.670. The number of hydrogen-bond donors (Lipinski definition) is 2. The summed E-state index contributed by atoms with van der Waals surface area (Å²) in [6.07, 6.45) is 0.958. The van der Waals surface area contributed by atoms with Gasteiger partial charge >= 0.3 is 5.97 Å². The van der Waals surface area contributed by atoms with E-state index in [0.29, 0.717) is 5.75 Å². The normalized spacial score (nSPS) is 24.8. The molecule has 2 N–H and O–H groups in total. The Balaban J connectivity index is 2.54. The van der Waals surface area contributed by atoms with Crippen molar-refractivity contribution in [2.75, 3.05) is 18.8 Å². The fraction of sp³-hybridized carbons (Fsp3) is 0.800. The molecule has 1 saturated heterocycles. The van der Waals surface area contributed by atoms with Gasteiger partial charge in [0.2, 0.25) is 5.91 Å². The van der Waals surface area contributed by atoms with Gasteiger partial charge in [0.1, 0.15) is 6.04 Å². The highest BCUT2D eigenvalue weighted by Crippen LogP contribution is 2.28. The smallest absolute Gasteiger partial charge is 0.327 e. The number of nitrogens with one attached hydrogen (secondary N) is 1. The number of nitrogens with zero attached hydrogens (tertiary/aromatic N) is 1. The van der Waals surface area contributed by atoms with Crippen LogP contribution in [0.1, 0.15) is 20.3 Å². The molecule has 1 aliphatic rings. The maximum Gasteiger partial charge on any atom is 0.327 e. The Bertz CT molecular complexity index is 273. The molecule has 0 saturated carbocycles. The number of carboxylic acids is 1. The standard InChI is InChI=1S/C10H18N2O3S/c1-3-4-11-5-9(13)12-7(2)16-6-8(12)10(14)15/h7-8,11H,3-6H2,1-2H3,(H,14,15). The topological polar surface area (TPSA) is 69.6 Å². The van der Waals surface area contributed by atoms with Crippen LogP contribution >= 0.6 is 11.8 Å². The monoisotopic (exact) mass is 246 g/mol. The van der Waals surface area contributed by atoms with Crippen LogP contribution < -0.4 is 5.32 Å². The van der Waals surface area contributed by atoms with Crippen molar-refractivity contribution in [2.45, 2.75) is 31.7 Å². The molecule has 1 aliphatic heterocycles. The Labute approximate surface area is 99.6 Å². The number of carbonyl (C=O) groups excluding carboxylic acids is 1. The average Bonchev–Trinajstić information content (AvgIpc) is 2.60. The van der Waals surface area contributed by atoms with Crippen LogP contribution in [0.4, 0.5) is 0 Å². The summed E-state index contributed by atoms with van der Waals surface area (Å²) in [6.45, 7) is 4.89. The van der Waals surface area contributed by atoms with Gasteiger partial charge in [-0.2, -0.15) is 0 Å². The van der Waals surface area contributed by atoms with Crippen LogP contribution in [0.3, 0.4) is 0 Å². The van der Waals surface area contributed by atoms with E-state index < -0.39 is 12.0 Å². The van der Waals surface area contributed by atoms with E-state index in [4.69, 9.17) is 5.11 Å². The first kappa shape index (κ1) is 13.3. The second kappa shape index (κ2) is 6.10. The van der Waals surface area contributed by atoms with Gasteiger partial charge in [-0.1, -0.05) is 6.92 Å². The molecular formula is C10H18N2O3S. The fourth-order valence-corrected chi connectivity index (χ4v) is 2.86. The summed E-state index contributed by atoms with van der Waals surface area (Å²) < 4.78 is 0. The number of carbonyl (C=O) groups is 2. The van der Waals surface area contributed by atoms with Crippen LogP contribution in [-0.4, -0.2) is 52.1 Å². The lowest BCUT2D eigenvalue weighted by Gasteiger charge is -2.25. The number of hydrogen-bond acceptors (Lipinski definition) is 4. The van der Waals surface area contributed by atoms with Crippen LogP contribution in [0.25, 0.3) is 0 Å². The summed E-state index contributed by atoms with van der Waals surface area (Å²) in [4.78, 5) is 24.3. The van der Waals surface area contributed by atoms with Crippen molar-refractivity contribution < 1.29 is 14.7 Å². The Morgan fingerprint density at radius 3 is 2.81 bits per heavy atom. The maximum atomic E-state index is 11.8. The number of thioether (sulfide) groups is 1. The minimum atomic E-state index is -0.916. The SMILES string of the molecule is CCCNCC(=O)N1C(C)SCC1C(=O)O. The zero-order chi connectivity index (χ0) is 12.1. The second-order valence-electron chi connectivity index (χ2n) is 3.76. The molecule has 1 heterocycles. The zero-order valence-electron chi connectivity index (χ0n) is 9.60. The lowest BCUT2D eigenvalue weighted by atomic mass is 10.2. The molecule has 16 heavy (non-hydrogen) atoms. The third-order valence-electron chi connectivity index (χ3n) is 2.50. The van der Waals surface area contributed by atoms with Gasteiger partial charge in [0, 0.05) is 5.75 Å². The van der Waals surface area contributed by atoms with Gasteiger partial charge in [-0.05, 0) is 19.9 Å². The van der Waals surface area contributed by atoms with Crippen molar-refractivity contribution in [3.8, 4) is 0 Å². The van der Waals surface area contributed by atoms with E-state index in [1.54, 1.807) is 0 Å². The van der Waals surface area contributed by atoms with Crippen LogP contribution in [-0.2, 0) is 9.59 Å². The Kier molecular flexibility index (Phi) is 5.08. The molecule has 0 aromatic rings. The van der Waals surface area contributed by atoms with E-state index in [-0.39, 0.29) is 17.8 Å². The molecule has 0 radical (unpaired) electrons. The van der Waals surface area contributed by atoms with E-state index in [2.05, 4.69) is 5.32 Å². The van der Waals surface area contributed by atoms with Crippen molar-refractivity contribution in [3.63, 3.8) is 0 Å². The Morgan fingerprint density at radius 1 is 1.56 bits per heavy atom. The highest BCUT2D eigenvalue weighted by atomic mass is 32.2. The quantitative estimate of drug-likeness (QED) is 0.686.